The molecule has 84 valence electrons. The Bertz CT molecular complexity index is 141. The minimum atomic E-state index is 0.449. The second kappa shape index (κ2) is 6.38. The van der Waals surface area contributed by atoms with Crippen LogP contribution in [0.3, 0.4) is 0 Å². The summed E-state index contributed by atoms with van der Waals surface area (Å²) in [5, 5.41) is 3.59. The van der Waals surface area contributed by atoms with E-state index in [0.29, 0.717) is 18.8 Å². The summed E-state index contributed by atoms with van der Waals surface area (Å²) < 4.78 is 10.3. The minimum absolute atomic E-state index is 0.449. The Balaban J connectivity index is 1.92. The lowest BCUT2D eigenvalue weighted by atomic mass is 9.75. The maximum absolute atomic E-state index is 5.40. The Kier molecular flexibility index (Phi) is 5.45. The first-order chi connectivity index (χ1) is 6.83. The molecule has 0 heterocycles. The van der Waals surface area contributed by atoms with Crippen molar-refractivity contribution >= 4 is 0 Å². The van der Waals surface area contributed by atoms with Gasteiger partial charge in [0.1, 0.15) is 0 Å². The van der Waals surface area contributed by atoms with E-state index in [1.54, 1.807) is 7.11 Å². The van der Waals surface area contributed by atoms with Crippen LogP contribution in [0.4, 0.5) is 0 Å². The molecule has 1 N–H and O–H groups in total. The highest BCUT2D eigenvalue weighted by atomic mass is 16.5. The van der Waals surface area contributed by atoms with Crippen LogP contribution < -0.4 is 5.32 Å². The van der Waals surface area contributed by atoms with Gasteiger partial charge >= 0.3 is 0 Å². The molecule has 0 amide bonds. The Morgan fingerprint density at radius 1 is 1.21 bits per heavy atom. The van der Waals surface area contributed by atoms with Crippen LogP contribution in [0.25, 0.3) is 0 Å². The molecule has 0 aromatic carbocycles. The predicted molar refractivity (Wildman–Crippen MR) is 57.6 cm³/mol. The van der Waals surface area contributed by atoms with Crippen molar-refractivity contribution < 1.29 is 9.47 Å². The largest absolute Gasteiger partial charge is 0.382 e. The molecule has 1 aliphatic rings. The molecule has 3 heteroatoms. The predicted octanol–water partition coefficient (Wildman–Crippen LogP) is 1.57. The molecule has 0 spiro atoms. The minimum Gasteiger partial charge on any atom is -0.382 e. The van der Waals surface area contributed by atoms with Crippen LogP contribution in [0.15, 0.2) is 0 Å². The smallest absolute Gasteiger partial charge is 0.0700 e. The summed E-state index contributed by atoms with van der Waals surface area (Å²) in [5.74, 6) is 0. The lowest BCUT2D eigenvalue weighted by Gasteiger charge is -2.42. The van der Waals surface area contributed by atoms with Crippen LogP contribution in [0.2, 0.25) is 0 Å². The molecule has 0 atom stereocenters. The van der Waals surface area contributed by atoms with Crippen molar-refractivity contribution in [1.82, 2.24) is 5.32 Å². The van der Waals surface area contributed by atoms with Crippen molar-refractivity contribution in [3.63, 3.8) is 0 Å². The number of methoxy groups -OCH3 is 1. The number of hydrogen-bond donors (Lipinski definition) is 1. The van der Waals surface area contributed by atoms with Crippen LogP contribution in [0.5, 0.6) is 0 Å². The fraction of sp³-hybridized carbons (Fsp3) is 1.00. The van der Waals surface area contributed by atoms with E-state index in [-0.39, 0.29) is 0 Å². The molecule has 1 saturated carbocycles. The third kappa shape index (κ3) is 3.56. The van der Waals surface area contributed by atoms with Gasteiger partial charge in [0.15, 0.2) is 0 Å². The van der Waals surface area contributed by atoms with E-state index in [4.69, 9.17) is 9.47 Å². The van der Waals surface area contributed by atoms with E-state index in [9.17, 15) is 0 Å². The van der Waals surface area contributed by atoms with Gasteiger partial charge in [0.2, 0.25) is 0 Å². The molecule has 0 radical (unpaired) electrons. The van der Waals surface area contributed by atoms with Crippen molar-refractivity contribution in [2.24, 2.45) is 0 Å². The number of nitrogens with one attached hydrogen (secondary N) is 1. The first kappa shape index (κ1) is 12.0. The number of hydrogen-bond acceptors (Lipinski definition) is 3. The van der Waals surface area contributed by atoms with E-state index >= 15 is 0 Å². The quantitative estimate of drug-likeness (QED) is 0.605. The highest BCUT2D eigenvalue weighted by Crippen LogP contribution is 2.34. The molecule has 3 nitrogen and oxygen atoms in total. The summed E-state index contributed by atoms with van der Waals surface area (Å²) in [6, 6.07) is 0. The maximum atomic E-state index is 5.40. The molecular formula is C11H23NO2. The highest BCUT2D eigenvalue weighted by Gasteiger charge is 2.33. The lowest BCUT2D eigenvalue weighted by Crippen LogP contribution is -2.51. The zero-order valence-electron chi connectivity index (χ0n) is 9.47. The topological polar surface area (TPSA) is 30.5 Å². The van der Waals surface area contributed by atoms with Gasteiger partial charge in [-0.2, -0.15) is 0 Å². The molecule has 14 heavy (non-hydrogen) atoms. The average Bonchev–Trinajstić information content (AvgIpc) is 2.15. The van der Waals surface area contributed by atoms with Crippen molar-refractivity contribution in [3.05, 3.63) is 0 Å². The highest BCUT2D eigenvalue weighted by molar-refractivity contribution is 4.94. The van der Waals surface area contributed by atoms with E-state index in [2.05, 4.69) is 12.2 Å². The summed E-state index contributed by atoms with van der Waals surface area (Å²) in [5.41, 5.74) is 0.449. The van der Waals surface area contributed by atoms with E-state index in [1.165, 1.54) is 25.7 Å². The van der Waals surface area contributed by atoms with E-state index < -0.39 is 0 Å². The second-order valence-electron chi connectivity index (χ2n) is 4.02. The van der Waals surface area contributed by atoms with Crippen LogP contribution in [0, 0.1) is 0 Å². The standard InChI is InChI=1S/C11H23NO2/c1-3-11(5-4-6-11)12-7-8-14-10-9-13-2/h12H,3-10H2,1-2H3. The number of rotatable bonds is 8. The SMILES string of the molecule is CCC1(NCCOCCOC)CCC1. The van der Waals surface area contributed by atoms with Gasteiger partial charge in [0, 0.05) is 19.2 Å². The zero-order valence-corrected chi connectivity index (χ0v) is 9.47. The van der Waals surface area contributed by atoms with E-state index in [1.807, 2.05) is 0 Å². The Morgan fingerprint density at radius 3 is 2.50 bits per heavy atom. The summed E-state index contributed by atoms with van der Waals surface area (Å²) in [6.07, 6.45) is 5.29. The molecule has 1 rings (SSSR count). The maximum Gasteiger partial charge on any atom is 0.0700 e. The lowest BCUT2D eigenvalue weighted by molar-refractivity contribution is 0.0637. The van der Waals surface area contributed by atoms with Gasteiger partial charge in [0.25, 0.3) is 0 Å². The van der Waals surface area contributed by atoms with Crippen LogP contribution >= 0.6 is 0 Å². The van der Waals surface area contributed by atoms with Crippen molar-refractivity contribution in [2.45, 2.75) is 38.1 Å². The molecule has 0 bridgehead atoms. The van der Waals surface area contributed by atoms with Crippen molar-refractivity contribution in [2.75, 3.05) is 33.5 Å². The number of ether oxygens (including phenoxy) is 2. The van der Waals surface area contributed by atoms with Gasteiger partial charge in [-0.1, -0.05) is 6.92 Å². The Morgan fingerprint density at radius 2 is 2.00 bits per heavy atom. The molecule has 1 aliphatic carbocycles. The Hall–Kier alpha value is -0.120. The van der Waals surface area contributed by atoms with Gasteiger partial charge in [-0.05, 0) is 25.7 Å². The molecule has 0 aromatic rings. The van der Waals surface area contributed by atoms with E-state index in [0.717, 1.165) is 13.2 Å². The molecule has 0 aromatic heterocycles. The monoisotopic (exact) mass is 201 g/mol. The van der Waals surface area contributed by atoms with Gasteiger partial charge in [-0.3, -0.25) is 0 Å². The molecular weight excluding hydrogens is 178 g/mol. The van der Waals surface area contributed by atoms with Crippen molar-refractivity contribution in [3.8, 4) is 0 Å². The fourth-order valence-corrected chi connectivity index (χ4v) is 1.89. The third-order valence-corrected chi connectivity index (χ3v) is 3.17. The Labute approximate surface area is 87.2 Å². The summed E-state index contributed by atoms with van der Waals surface area (Å²) >= 11 is 0. The van der Waals surface area contributed by atoms with Gasteiger partial charge in [-0.15, -0.1) is 0 Å². The van der Waals surface area contributed by atoms with Crippen LogP contribution in [-0.4, -0.2) is 39.0 Å². The average molecular weight is 201 g/mol. The first-order valence-corrected chi connectivity index (χ1v) is 5.65. The zero-order chi connectivity index (χ0) is 10.3. The third-order valence-electron chi connectivity index (χ3n) is 3.17. The summed E-state index contributed by atoms with van der Waals surface area (Å²) in [6.45, 7) is 5.43. The van der Waals surface area contributed by atoms with Gasteiger partial charge < -0.3 is 14.8 Å². The summed E-state index contributed by atoms with van der Waals surface area (Å²) in [4.78, 5) is 0. The van der Waals surface area contributed by atoms with Gasteiger partial charge in [-0.25, -0.2) is 0 Å². The van der Waals surface area contributed by atoms with Gasteiger partial charge in [0.05, 0.1) is 19.8 Å². The normalized spacial score (nSPS) is 19.3. The first-order valence-electron chi connectivity index (χ1n) is 5.65. The van der Waals surface area contributed by atoms with Crippen LogP contribution in [-0.2, 0) is 9.47 Å². The molecule has 1 fully saturated rings. The molecule has 0 unspecified atom stereocenters. The second-order valence-corrected chi connectivity index (χ2v) is 4.02. The fourth-order valence-electron chi connectivity index (χ4n) is 1.89. The molecule has 0 saturated heterocycles. The van der Waals surface area contributed by atoms with Crippen LogP contribution in [0.1, 0.15) is 32.6 Å². The van der Waals surface area contributed by atoms with Crippen molar-refractivity contribution in [1.29, 1.82) is 0 Å². The summed E-state index contributed by atoms with van der Waals surface area (Å²) in [7, 11) is 1.70. The molecule has 0 aliphatic heterocycles.